The van der Waals surface area contributed by atoms with Gasteiger partial charge < -0.3 is 15.2 Å². The average molecular weight is 261 g/mol. The van der Waals surface area contributed by atoms with E-state index in [9.17, 15) is 5.11 Å². The van der Waals surface area contributed by atoms with Crippen LogP contribution in [-0.2, 0) is 6.54 Å². The Morgan fingerprint density at radius 2 is 1.89 bits per heavy atom. The highest BCUT2D eigenvalue weighted by molar-refractivity contribution is 5.27. The zero-order valence-electron chi connectivity index (χ0n) is 11.8. The van der Waals surface area contributed by atoms with Crippen LogP contribution < -0.4 is 10.1 Å². The normalized spacial score (nSPS) is 11.1. The number of ether oxygens (including phenoxy) is 1. The molecule has 0 aliphatic carbocycles. The van der Waals surface area contributed by atoms with Crippen LogP contribution in [0.15, 0.2) is 24.3 Å². The van der Waals surface area contributed by atoms with Gasteiger partial charge in [-0.1, -0.05) is 31.9 Å². The van der Waals surface area contributed by atoms with Crippen molar-refractivity contribution in [1.82, 2.24) is 5.32 Å². The Morgan fingerprint density at radius 3 is 2.37 bits per heavy atom. The Bertz CT molecular complexity index is 393. The van der Waals surface area contributed by atoms with E-state index >= 15 is 0 Å². The number of hydrogen-bond donors (Lipinski definition) is 2. The second kappa shape index (κ2) is 7.83. The number of aliphatic hydroxyl groups excluding tert-OH is 1. The van der Waals surface area contributed by atoms with E-state index in [-0.39, 0.29) is 18.8 Å². The molecule has 0 bridgehead atoms. The molecule has 0 saturated heterocycles. The summed E-state index contributed by atoms with van der Waals surface area (Å²) in [5.41, 5.74) is 0.978. The molecule has 0 fully saturated rings. The van der Waals surface area contributed by atoms with Crippen LogP contribution in [0.25, 0.3) is 0 Å². The molecule has 0 aliphatic rings. The number of hydrogen-bond acceptors (Lipinski definition) is 3. The van der Waals surface area contributed by atoms with Crippen LogP contribution in [0.4, 0.5) is 0 Å². The molecule has 3 nitrogen and oxygen atoms in total. The Hall–Kier alpha value is -1.50. The quantitative estimate of drug-likeness (QED) is 0.706. The van der Waals surface area contributed by atoms with Gasteiger partial charge in [-0.2, -0.15) is 0 Å². The predicted octanol–water partition coefficient (Wildman–Crippen LogP) is 2.34. The second-order valence-corrected chi connectivity index (χ2v) is 4.64. The maximum Gasteiger partial charge on any atom is 0.148 e. The predicted molar refractivity (Wildman–Crippen MR) is 78.0 cm³/mol. The van der Waals surface area contributed by atoms with Crippen LogP contribution in [0.2, 0.25) is 0 Å². The highest BCUT2D eigenvalue weighted by Gasteiger charge is 2.23. The summed E-state index contributed by atoms with van der Waals surface area (Å²) in [6, 6.07) is 7.83. The zero-order valence-corrected chi connectivity index (χ0v) is 11.8. The van der Waals surface area contributed by atoms with Gasteiger partial charge in [0, 0.05) is 12.1 Å². The molecule has 0 amide bonds. The summed E-state index contributed by atoms with van der Waals surface area (Å²) < 4.78 is 5.32. The third kappa shape index (κ3) is 4.59. The van der Waals surface area contributed by atoms with E-state index in [2.05, 4.69) is 25.1 Å². The summed E-state index contributed by atoms with van der Waals surface area (Å²) in [5.74, 6) is 3.22. The van der Waals surface area contributed by atoms with Crippen molar-refractivity contribution in [3.05, 3.63) is 29.8 Å². The minimum Gasteiger partial charge on any atom is -0.481 e. The molecule has 3 heteroatoms. The number of aliphatic hydroxyl groups is 1. The van der Waals surface area contributed by atoms with Gasteiger partial charge in [0.1, 0.15) is 12.4 Å². The smallest absolute Gasteiger partial charge is 0.148 e. The lowest BCUT2D eigenvalue weighted by atomic mass is 9.93. The SMILES string of the molecule is C#CCOc1ccc(CNC(CC)(CC)CO)cc1. The van der Waals surface area contributed by atoms with Crippen molar-refractivity contribution in [2.24, 2.45) is 0 Å². The van der Waals surface area contributed by atoms with Crippen molar-refractivity contribution in [2.45, 2.75) is 38.8 Å². The fourth-order valence-corrected chi connectivity index (χ4v) is 1.90. The van der Waals surface area contributed by atoms with E-state index in [0.717, 1.165) is 30.7 Å². The molecular weight excluding hydrogens is 238 g/mol. The van der Waals surface area contributed by atoms with E-state index in [1.165, 1.54) is 0 Å². The van der Waals surface area contributed by atoms with E-state index in [1.807, 2.05) is 24.3 Å². The lowest BCUT2D eigenvalue weighted by molar-refractivity contribution is 0.149. The van der Waals surface area contributed by atoms with Crippen LogP contribution in [0.1, 0.15) is 32.3 Å². The first-order valence-corrected chi connectivity index (χ1v) is 6.70. The first-order valence-electron chi connectivity index (χ1n) is 6.70. The van der Waals surface area contributed by atoms with E-state index in [1.54, 1.807) is 0 Å². The minimum atomic E-state index is -0.182. The number of terminal acetylenes is 1. The second-order valence-electron chi connectivity index (χ2n) is 4.64. The van der Waals surface area contributed by atoms with Crippen LogP contribution >= 0.6 is 0 Å². The molecule has 0 unspecified atom stereocenters. The lowest BCUT2D eigenvalue weighted by Gasteiger charge is -2.31. The van der Waals surface area contributed by atoms with Crippen molar-refractivity contribution >= 4 is 0 Å². The van der Waals surface area contributed by atoms with Gasteiger partial charge in [-0.3, -0.25) is 0 Å². The molecule has 0 heterocycles. The fraction of sp³-hybridized carbons (Fsp3) is 0.500. The summed E-state index contributed by atoms with van der Waals surface area (Å²) in [7, 11) is 0. The third-order valence-corrected chi connectivity index (χ3v) is 3.57. The Balaban J connectivity index is 2.56. The summed E-state index contributed by atoms with van der Waals surface area (Å²) in [6.07, 6.45) is 6.95. The van der Waals surface area contributed by atoms with E-state index in [4.69, 9.17) is 11.2 Å². The molecule has 0 saturated carbocycles. The zero-order chi connectivity index (χ0) is 14.1. The molecule has 1 rings (SSSR count). The van der Waals surface area contributed by atoms with E-state index in [0.29, 0.717) is 0 Å². The van der Waals surface area contributed by atoms with Crippen molar-refractivity contribution in [1.29, 1.82) is 0 Å². The largest absolute Gasteiger partial charge is 0.481 e. The standard InChI is InChI=1S/C16H23NO2/c1-4-11-19-15-9-7-14(8-10-15)12-17-16(5-2,6-3)13-18/h1,7-10,17-18H,5-6,11-13H2,2-3H3. The summed E-state index contributed by atoms with van der Waals surface area (Å²) in [4.78, 5) is 0. The molecule has 1 aromatic rings. The topological polar surface area (TPSA) is 41.5 Å². The first kappa shape index (κ1) is 15.6. The van der Waals surface area contributed by atoms with Crippen molar-refractivity contribution in [2.75, 3.05) is 13.2 Å². The number of rotatable bonds is 8. The Labute approximate surface area is 116 Å². The van der Waals surface area contributed by atoms with Crippen LogP contribution in [0, 0.1) is 12.3 Å². The highest BCUT2D eigenvalue weighted by atomic mass is 16.5. The number of benzene rings is 1. The highest BCUT2D eigenvalue weighted by Crippen LogP contribution is 2.16. The average Bonchev–Trinajstić information content (AvgIpc) is 2.48. The molecule has 2 N–H and O–H groups in total. The first-order chi connectivity index (χ1) is 9.19. The fourth-order valence-electron chi connectivity index (χ4n) is 1.90. The van der Waals surface area contributed by atoms with Gasteiger partial charge in [-0.25, -0.2) is 0 Å². The lowest BCUT2D eigenvalue weighted by Crippen LogP contribution is -2.47. The van der Waals surface area contributed by atoms with Crippen molar-refractivity contribution < 1.29 is 9.84 Å². The molecule has 19 heavy (non-hydrogen) atoms. The van der Waals surface area contributed by atoms with Crippen LogP contribution in [0.5, 0.6) is 5.75 Å². The molecule has 0 radical (unpaired) electrons. The molecule has 1 aromatic carbocycles. The maximum atomic E-state index is 9.49. The van der Waals surface area contributed by atoms with Gasteiger partial charge >= 0.3 is 0 Å². The molecular formula is C16H23NO2. The van der Waals surface area contributed by atoms with Crippen LogP contribution in [-0.4, -0.2) is 23.9 Å². The molecule has 0 aliphatic heterocycles. The van der Waals surface area contributed by atoms with Crippen molar-refractivity contribution in [3.63, 3.8) is 0 Å². The van der Waals surface area contributed by atoms with Crippen LogP contribution in [0.3, 0.4) is 0 Å². The molecule has 0 aromatic heterocycles. The van der Waals surface area contributed by atoms with Crippen molar-refractivity contribution in [3.8, 4) is 18.1 Å². The Kier molecular flexibility index (Phi) is 6.41. The summed E-state index contributed by atoms with van der Waals surface area (Å²) >= 11 is 0. The maximum absolute atomic E-state index is 9.49. The van der Waals surface area contributed by atoms with Gasteiger partial charge in [0.05, 0.1) is 6.61 Å². The van der Waals surface area contributed by atoms with Gasteiger partial charge in [-0.05, 0) is 30.5 Å². The van der Waals surface area contributed by atoms with Gasteiger partial charge in [-0.15, -0.1) is 6.42 Å². The van der Waals surface area contributed by atoms with Gasteiger partial charge in [0.2, 0.25) is 0 Å². The van der Waals surface area contributed by atoms with E-state index < -0.39 is 0 Å². The molecule has 0 spiro atoms. The monoisotopic (exact) mass is 261 g/mol. The Morgan fingerprint density at radius 1 is 1.26 bits per heavy atom. The van der Waals surface area contributed by atoms with Gasteiger partial charge in [0.25, 0.3) is 0 Å². The third-order valence-electron chi connectivity index (χ3n) is 3.57. The summed E-state index contributed by atoms with van der Waals surface area (Å²) in [6.45, 7) is 5.35. The van der Waals surface area contributed by atoms with Gasteiger partial charge in [0.15, 0.2) is 0 Å². The number of nitrogens with one attached hydrogen (secondary N) is 1. The molecule has 0 atom stereocenters. The molecule has 104 valence electrons. The summed E-state index contributed by atoms with van der Waals surface area (Å²) in [5, 5.41) is 12.9. The minimum absolute atomic E-state index is 0.156.